The van der Waals surface area contributed by atoms with Crippen molar-refractivity contribution in [2.45, 2.75) is 62.8 Å². The van der Waals surface area contributed by atoms with Crippen molar-refractivity contribution in [3.63, 3.8) is 0 Å². The number of amides is 1. The number of carbonyl (C=O) groups is 1. The fourth-order valence-electron chi connectivity index (χ4n) is 2.19. The van der Waals surface area contributed by atoms with Crippen molar-refractivity contribution < 1.29 is 4.79 Å². The summed E-state index contributed by atoms with van der Waals surface area (Å²) in [6.45, 7) is 6.08. The van der Waals surface area contributed by atoms with Gasteiger partial charge in [-0.1, -0.05) is 73.1 Å². The molecular weight excluding hydrogens is 355 g/mol. The molecule has 0 aromatic heterocycles. The molecule has 0 spiro atoms. The number of alkyl halides is 3. The number of carbonyl (C=O) groups excluding carboxylic acids is 1. The number of nitrogens with one attached hydrogen (secondary N) is 2. The standard InChI is InChI=1S/C17H25Cl3N2O/c1-4-5-6-7-8-15(23)22-16(17(18,19)20)21-14-11-12(2)9-10-13(14)3/h9-11,16,21H,4-8H2,1-3H3,(H,22,23)/t16-/m1/s1. The minimum absolute atomic E-state index is 0.116. The summed E-state index contributed by atoms with van der Waals surface area (Å²) < 4.78 is -1.64. The fourth-order valence-corrected chi connectivity index (χ4v) is 2.52. The van der Waals surface area contributed by atoms with Crippen LogP contribution in [0.15, 0.2) is 18.2 Å². The smallest absolute Gasteiger partial charge is 0.228 e. The normalized spacial score (nSPS) is 12.8. The largest absolute Gasteiger partial charge is 0.362 e. The first-order chi connectivity index (χ1) is 10.7. The SMILES string of the molecule is CCCCCCC(=O)N[C@@H](Nc1cc(C)ccc1C)C(Cl)(Cl)Cl. The van der Waals surface area contributed by atoms with Gasteiger partial charge in [-0.05, 0) is 37.5 Å². The lowest BCUT2D eigenvalue weighted by Gasteiger charge is -2.28. The molecule has 0 bridgehead atoms. The quantitative estimate of drug-likeness (QED) is 0.356. The Morgan fingerprint density at radius 1 is 1.17 bits per heavy atom. The Kier molecular flexibility index (Phi) is 8.52. The van der Waals surface area contributed by atoms with Crippen molar-refractivity contribution in [1.29, 1.82) is 0 Å². The third-order valence-electron chi connectivity index (χ3n) is 3.58. The van der Waals surface area contributed by atoms with Gasteiger partial charge in [-0.15, -0.1) is 0 Å². The van der Waals surface area contributed by atoms with Gasteiger partial charge in [0, 0.05) is 12.1 Å². The van der Waals surface area contributed by atoms with Gasteiger partial charge in [0.2, 0.25) is 9.70 Å². The Hall–Kier alpha value is -0.640. The van der Waals surface area contributed by atoms with Crippen molar-refractivity contribution in [2.24, 2.45) is 0 Å². The topological polar surface area (TPSA) is 41.1 Å². The number of halogens is 3. The van der Waals surface area contributed by atoms with Crippen LogP contribution in [0.3, 0.4) is 0 Å². The number of benzene rings is 1. The second kappa shape index (κ2) is 9.61. The summed E-state index contributed by atoms with van der Waals surface area (Å²) in [6.07, 6.45) is 3.79. The molecule has 6 heteroatoms. The second-order valence-corrected chi connectivity index (χ2v) is 8.18. The zero-order valence-corrected chi connectivity index (χ0v) is 16.2. The van der Waals surface area contributed by atoms with Crippen molar-refractivity contribution in [3.8, 4) is 0 Å². The molecule has 1 rings (SSSR count). The van der Waals surface area contributed by atoms with Gasteiger partial charge in [0.25, 0.3) is 0 Å². The zero-order chi connectivity index (χ0) is 17.5. The maximum atomic E-state index is 12.1. The second-order valence-electron chi connectivity index (χ2n) is 5.82. The average molecular weight is 380 g/mol. The molecule has 0 saturated heterocycles. The number of hydrogen-bond acceptors (Lipinski definition) is 2. The molecule has 1 amide bonds. The highest BCUT2D eigenvalue weighted by Crippen LogP contribution is 2.32. The van der Waals surface area contributed by atoms with Gasteiger partial charge in [0.15, 0.2) is 0 Å². The highest BCUT2D eigenvalue weighted by atomic mass is 35.6. The van der Waals surface area contributed by atoms with E-state index in [9.17, 15) is 4.79 Å². The predicted octanol–water partition coefficient (Wildman–Crippen LogP) is 5.50. The summed E-state index contributed by atoms with van der Waals surface area (Å²) in [4.78, 5) is 12.1. The number of rotatable bonds is 8. The molecule has 0 aliphatic carbocycles. The van der Waals surface area contributed by atoms with E-state index in [1.807, 2.05) is 32.0 Å². The molecule has 1 aromatic carbocycles. The third kappa shape index (κ3) is 7.65. The summed E-state index contributed by atoms with van der Waals surface area (Å²) in [5.41, 5.74) is 2.95. The Morgan fingerprint density at radius 2 is 1.87 bits per heavy atom. The van der Waals surface area contributed by atoms with E-state index in [1.54, 1.807) is 0 Å². The number of anilines is 1. The molecule has 0 heterocycles. The first kappa shape index (κ1) is 20.4. The lowest BCUT2D eigenvalue weighted by Crippen LogP contribution is -2.49. The van der Waals surface area contributed by atoms with E-state index < -0.39 is 9.96 Å². The summed E-state index contributed by atoms with van der Waals surface area (Å²) >= 11 is 18.1. The first-order valence-corrected chi connectivity index (χ1v) is 9.07. The van der Waals surface area contributed by atoms with E-state index in [-0.39, 0.29) is 5.91 Å². The van der Waals surface area contributed by atoms with E-state index in [4.69, 9.17) is 34.8 Å². The minimum Gasteiger partial charge on any atom is -0.362 e. The highest BCUT2D eigenvalue weighted by Gasteiger charge is 2.34. The van der Waals surface area contributed by atoms with Crippen molar-refractivity contribution in [2.75, 3.05) is 5.32 Å². The van der Waals surface area contributed by atoms with Crippen LogP contribution in [0, 0.1) is 13.8 Å². The van der Waals surface area contributed by atoms with Crippen LogP contribution < -0.4 is 10.6 Å². The monoisotopic (exact) mass is 378 g/mol. The van der Waals surface area contributed by atoms with Gasteiger partial charge in [0.05, 0.1) is 0 Å². The molecule has 23 heavy (non-hydrogen) atoms. The summed E-state index contributed by atoms with van der Waals surface area (Å²) in [7, 11) is 0. The van der Waals surface area contributed by atoms with E-state index in [1.165, 1.54) is 0 Å². The molecule has 3 nitrogen and oxygen atoms in total. The molecule has 130 valence electrons. The van der Waals surface area contributed by atoms with E-state index in [0.29, 0.717) is 6.42 Å². The maximum Gasteiger partial charge on any atom is 0.228 e. The van der Waals surface area contributed by atoms with Crippen LogP contribution in [0.1, 0.15) is 50.2 Å². The summed E-state index contributed by atoms with van der Waals surface area (Å²) in [6, 6.07) is 5.96. The highest BCUT2D eigenvalue weighted by molar-refractivity contribution is 6.68. The van der Waals surface area contributed by atoms with Crippen LogP contribution in [0.25, 0.3) is 0 Å². The van der Waals surface area contributed by atoms with Gasteiger partial charge in [0.1, 0.15) is 6.17 Å². The van der Waals surface area contributed by atoms with Gasteiger partial charge >= 0.3 is 0 Å². The number of hydrogen-bond donors (Lipinski definition) is 2. The minimum atomic E-state index is -1.64. The molecule has 0 saturated carbocycles. The molecule has 2 N–H and O–H groups in total. The number of unbranched alkanes of at least 4 members (excludes halogenated alkanes) is 3. The molecule has 1 atom stereocenters. The lowest BCUT2D eigenvalue weighted by molar-refractivity contribution is -0.121. The summed E-state index contributed by atoms with van der Waals surface area (Å²) in [5, 5.41) is 5.92. The molecule has 0 unspecified atom stereocenters. The third-order valence-corrected chi connectivity index (χ3v) is 4.24. The van der Waals surface area contributed by atoms with Crippen molar-refractivity contribution >= 4 is 46.4 Å². The van der Waals surface area contributed by atoms with Crippen LogP contribution >= 0.6 is 34.8 Å². The zero-order valence-electron chi connectivity index (χ0n) is 13.9. The van der Waals surface area contributed by atoms with Crippen molar-refractivity contribution in [1.82, 2.24) is 5.32 Å². The van der Waals surface area contributed by atoms with Crippen LogP contribution in [-0.2, 0) is 4.79 Å². The van der Waals surface area contributed by atoms with Crippen LogP contribution in [0.2, 0.25) is 0 Å². The molecule has 0 aliphatic rings. The Morgan fingerprint density at radius 3 is 2.48 bits per heavy atom. The molecule has 1 aromatic rings. The Labute approximate surface area is 154 Å². The predicted molar refractivity (Wildman–Crippen MR) is 101 cm³/mol. The average Bonchev–Trinajstić information content (AvgIpc) is 2.45. The van der Waals surface area contributed by atoms with E-state index in [2.05, 4.69) is 17.6 Å². The van der Waals surface area contributed by atoms with E-state index >= 15 is 0 Å². The molecule has 0 aliphatic heterocycles. The fraction of sp³-hybridized carbons (Fsp3) is 0.588. The van der Waals surface area contributed by atoms with Gasteiger partial charge < -0.3 is 10.6 Å². The first-order valence-electron chi connectivity index (χ1n) is 7.94. The molecular formula is C17H25Cl3N2O. The van der Waals surface area contributed by atoms with Gasteiger partial charge in [-0.25, -0.2) is 0 Å². The van der Waals surface area contributed by atoms with E-state index in [0.717, 1.165) is 42.5 Å². The van der Waals surface area contributed by atoms with Gasteiger partial charge in [-0.3, -0.25) is 4.79 Å². The lowest BCUT2D eigenvalue weighted by atomic mass is 10.1. The van der Waals surface area contributed by atoms with Crippen molar-refractivity contribution in [3.05, 3.63) is 29.3 Å². The Balaban J connectivity index is 2.70. The van der Waals surface area contributed by atoms with Crippen LogP contribution in [-0.4, -0.2) is 15.9 Å². The summed E-state index contributed by atoms with van der Waals surface area (Å²) in [5.74, 6) is -0.116. The van der Waals surface area contributed by atoms with Crippen LogP contribution in [0.5, 0.6) is 0 Å². The Bertz CT molecular complexity index is 515. The van der Waals surface area contributed by atoms with Gasteiger partial charge in [-0.2, -0.15) is 0 Å². The molecule has 0 fully saturated rings. The molecule has 0 radical (unpaired) electrons. The van der Waals surface area contributed by atoms with Crippen LogP contribution in [0.4, 0.5) is 5.69 Å². The number of aryl methyl sites for hydroxylation is 2. The maximum absolute atomic E-state index is 12.1.